The summed E-state index contributed by atoms with van der Waals surface area (Å²) in [5.41, 5.74) is 11.3. The molecule has 0 aliphatic carbocycles. The predicted molar refractivity (Wildman–Crippen MR) is 121 cm³/mol. The highest BCUT2D eigenvalue weighted by Crippen LogP contribution is 2.31. The minimum absolute atomic E-state index is 0. The van der Waals surface area contributed by atoms with Gasteiger partial charge in [0.2, 0.25) is 0 Å². The van der Waals surface area contributed by atoms with Crippen molar-refractivity contribution in [3.05, 3.63) is 59.2 Å². The van der Waals surface area contributed by atoms with Gasteiger partial charge in [0.05, 0.1) is 19.2 Å². The number of nitrogens with two attached hydrogens (primary N) is 1. The Labute approximate surface area is 178 Å². The fourth-order valence-corrected chi connectivity index (χ4v) is 3.83. The van der Waals surface area contributed by atoms with E-state index in [4.69, 9.17) is 10.5 Å². The van der Waals surface area contributed by atoms with Gasteiger partial charge in [-0.05, 0) is 36.1 Å². The number of fused-ring (bicyclic) bond motifs is 2. The van der Waals surface area contributed by atoms with Gasteiger partial charge in [-0.15, -0.1) is 24.0 Å². The second-order valence-corrected chi connectivity index (χ2v) is 7.06. The van der Waals surface area contributed by atoms with Gasteiger partial charge in [0.15, 0.2) is 5.96 Å². The molecule has 0 radical (unpaired) electrons. The van der Waals surface area contributed by atoms with E-state index in [9.17, 15) is 0 Å². The third-order valence-electron chi connectivity index (χ3n) is 5.21. The molecule has 0 saturated heterocycles. The molecule has 1 unspecified atom stereocenters. The average Bonchev–Trinajstić information content (AvgIpc) is 2.67. The van der Waals surface area contributed by atoms with Crippen molar-refractivity contribution in [3.8, 4) is 5.75 Å². The van der Waals surface area contributed by atoms with Crippen molar-refractivity contribution in [1.82, 2.24) is 5.32 Å². The molecule has 144 valence electrons. The third kappa shape index (κ3) is 4.48. The molecule has 0 fully saturated rings. The standard InChI is InChI=1S/C21H26N4O.HI/c1-25-11-4-5-16-13-15(8-9-19(16)25)14-23-21(22)24-18-10-12-26-20-7-3-2-6-17(18)20;/h2-3,6-9,13,18H,4-5,10-12,14H2,1H3,(H3,22,23,24);1H. The van der Waals surface area contributed by atoms with Gasteiger partial charge in [0, 0.05) is 31.3 Å². The lowest BCUT2D eigenvalue weighted by Gasteiger charge is -2.28. The molecular weight excluding hydrogens is 451 g/mol. The summed E-state index contributed by atoms with van der Waals surface area (Å²) in [5, 5.41) is 3.35. The lowest BCUT2D eigenvalue weighted by Crippen LogP contribution is -2.37. The quantitative estimate of drug-likeness (QED) is 0.402. The zero-order chi connectivity index (χ0) is 17.9. The van der Waals surface area contributed by atoms with Gasteiger partial charge in [-0.3, -0.25) is 0 Å². The summed E-state index contributed by atoms with van der Waals surface area (Å²) in [6.45, 7) is 2.43. The van der Waals surface area contributed by atoms with Crippen molar-refractivity contribution < 1.29 is 4.74 Å². The summed E-state index contributed by atoms with van der Waals surface area (Å²) in [6.07, 6.45) is 3.24. The third-order valence-corrected chi connectivity index (χ3v) is 5.21. The van der Waals surface area contributed by atoms with Crippen LogP contribution in [0.2, 0.25) is 0 Å². The molecule has 2 aromatic rings. The second-order valence-electron chi connectivity index (χ2n) is 7.06. The number of anilines is 1. The minimum atomic E-state index is 0. The minimum Gasteiger partial charge on any atom is -0.493 e. The zero-order valence-electron chi connectivity index (χ0n) is 15.6. The van der Waals surface area contributed by atoms with Crippen molar-refractivity contribution in [2.45, 2.75) is 31.8 Å². The fraction of sp³-hybridized carbons (Fsp3) is 0.381. The Hall–Kier alpha value is -1.96. The van der Waals surface area contributed by atoms with Crippen LogP contribution in [0.1, 0.15) is 35.6 Å². The maximum absolute atomic E-state index is 6.16. The van der Waals surface area contributed by atoms with Crippen LogP contribution in [-0.4, -0.2) is 26.2 Å². The van der Waals surface area contributed by atoms with Gasteiger partial charge in [0.1, 0.15) is 5.75 Å². The Morgan fingerprint density at radius 2 is 2.15 bits per heavy atom. The van der Waals surface area contributed by atoms with E-state index < -0.39 is 0 Å². The molecule has 0 spiro atoms. The summed E-state index contributed by atoms with van der Waals surface area (Å²) in [4.78, 5) is 6.88. The molecule has 0 saturated carbocycles. The highest BCUT2D eigenvalue weighted by atomic mass is 127. The number of ether oxygens (including phenoxy) is 1. The van der Waals surface area contributed by atoms with Crippen LogP contribution in [0.15, 0.2) is 47.5 Å². The fourth-order valence-electron chi connectivity index (χ4n) is 3.83. The number of rotatable bonds is 3. The maximum atomic E-state index is 6.16. The summed E-state index contributed by atoms with van der Waals surface area (Å²) >= 11 is 0. The van der Waals surface area contributed by atoms with Crippen LogP contribution in [0.5, 0.6) is 5.75 Å². The van der Waals surface area contributed by atoms with Crippen LogP contribution in [-0.2, 0) is 13.0 Å². The molecule has 0 amide bonds. The molecule has 2 aromatic carbocycles. The number of benzene rings is 2. The summed E-state index contributed by atoms with van der Waals surface area (Å²) < 4.78 is 5.70. The number of para-hydroxylation sites is 1. The van der Waals surface area contributed by atoms with Gasteiger partial charge >= 0.3 is 0 Å². The first kappa shape index (κ1) is 19.8. The molecule has 4 rings (SSSR count). The molecule has 2 aliphatic rings. The summed E-state index contributed by atoms with van der Waals surface area (Å²) in [6, 6.07) is 14.9. The number of hydrogen-bond acceptors (Lipinski definition) is 3. The van der Waals surface area contributed by atoms with E-state index >= 15 is 0 Å². The molecule has 3 N–H and O–H groups in total. The monoisotopic (exact) mass is 478 g/mol. The SMILES string of the molecule is CN1CCCc2cc(CN=C(N)NC3CCOc4ccccc43)ccc21.I. The Kier molecular flexibility index (Phi) is 6.46. The van der Waals surface area contributed by atoms with Crippen LogP contribution in [0.25, 0.3) is 0 Å². The molecule has 27 heavy (non-hydrogen) atoms. The summed E-state index contributed by atoms with van der Waals surface area (Å²) in [7, 11) is 2.16. The highest BCUT2D eigenvalue weighted by Gasteiger charge is 2.21. The van der Waals surface area contributed by atoms with Crippen LogP contribution < -0.4 is 20.7 Å². The van der Waals surface area contributed by atoms with Crippen molar-refractivity contribution in [2.24, 2.45) is 10.7 Å². The van der Waals surface area contributed by atoms with E-state index in [1.165, 1.54) is 23.2 Å². The number of nitrogens with zero attached hydrogens (tertiary/aromatic N) is 2. The Morgan fingerprint density at radius 3 is 3.04 bits per heavy atom. The Bertz CT molecular complexity index is 824. The van der Waals surface area contributed by atoms with E-state index in [0.29, 0.717) is 19.1 Å². The van der Waals surface area contributed by atoms with Gasteiger partial charge in [0.25, 0.3) is 0 Å². The van der Waals surface area contributed by atoms with E-state index in [2.05, 4.69) is 46.5 Å². The Morgan fingerprint density at radius 1 is 1.30 bits per heavy atom. The van der Waals surface area contributed by atoms with Crippen molar-refractivity contribution >= 4 is 35.6 Å². The van der Waals surface area contributed by atoms with E-state index in [1.54, 1.807) is 0 Å². The van der Waals surface area contributed by atoms with E-state index in [1.807, 2.05) is 18.2 Å². The molecule has 0 aromatic heterocycles. The van der Waals surface area contributed by atoms with Crippen LogP contribution >= 0.6 is 24.0 Å². The van der Waals surface area contributed by atoms with Gasteiger partial charge in [-0.25, -0.2) is 4.99 Å². The predicted octanol–water partition coefficient (Wildman–Crippen LogP) is 3.62. The average molecular weight is 478 g/mol. The molecule has 2 heterocycles. The first-order chi connectivity index (χ1) is 12.7. The molecule has 2 aliphatic heterocycles. The second kappa shape index (κ2) is 8.82. The molecule has 6 heteroatoms. The molecular formula is C21H27IN4O. The first-order valence-corrected chi connectivity index (χ1v) is 9.32. The number of aliphatic imine (C=N–C) groups is 1. The summed E-state index contributed by atoms with van der Waals surface area (Å²) in [5.74, 6) is 1.42. The zero-order valence-corrected chi connectivity index (χ0v) is 18.0. The molecule has 1 atom stereocenters. The number of aryl methyl sites for hydroxylation is 1. The largest absolute Gasteiger partial charge is 0.493 e. The topological polar surface area (TPSA) is 62.9 Å². The molecule has 0 bridgehead atoms. The van der Waals surface area contributed by atoms with Crippen LogP contribution in [0.4, 0.5) is 5.69 Å². The van der Waals surface area contributed by atoms with Crippen molar-refractivity contribution in [3.63, 3.8) is 0 Å². The first-order valence-electron chi connectivity index (χ1n) is 9.32. The van der Waals surface area contributed by atoms with Gasteiger partial charge < -0.3 is 20.7 Å². The smallest absolute Gasteiger partial charge is 0.189 e. The van der Waals surface area contributed by atoms with E-state index in [0.717, 1.165) is 30.7 Å². The van der Waals surface area contributed by atoms with Crippen LogP contribution in [0, 0.1) is 0 Å². The normalized spacial score (nSPS) is 18.6. The number of halogens is 1. The van der Waals surface area contributed by atoms with Crippen molar-refractivity contribution in [1.29, 1.82) is 0 Å². The number of hydrogen-bond donors (Lipinski definition) is 2. The lowest BCUT2D eigenvalue weighted by molar-refractivity contribution is 0.262. The number of guanidine groups is 1. The molecule has 5 nitrogen and oxygen atoms in total. The van der Waals surface area contributed by atoms with Gasteiger partial charge in [-0.2, -0.15) is 0 Å². The van der Waals surface area contributed by atoms with Crippen molar-refractivity contribution in [2.75, 3.05) is 25.1 Å². The van der Waals surface area contributed by atoms with Gasteiger partial charge in [-0.1, -0.05) is 30.3 Å². The Balaban J connectivity index is 0.00000210. The maximum Gasteiger partial charge on any atom is 0.189 e. The number of nitrogens with one attached hydrogen (secondary N) is 1. The highest BCUT2D eigenvalue weighted by molar-refractivity contribution is 14.0. The van der Waals surface area contributed by atoms with Crippen LogP contribution in [0.3, 0.4) is 0 Å². The lowest BCUT2D eigenvalue weighted by atomic mass is 10.00. The van der Waals surface area contributed by atoms with E-state index in [-0.39, 0.29) is 30.0 Å².